The molecule has 0 bridgehead atoms. The van der Waals surface area contributed by atoms with Crippen LogP contribution in [-0.2, 0) is 6.54 Å². The van der Waals surface area contributed by atoms with Gasteiger partial charge in [0.15, 0.2) is 5.96 Å². The fourth-order valence-electron chi connectivity index (χ4n) is 2.28. The zero-order chi connectivity index (χ0) is 12.8. The van der Waals surface area contributed by atoms with Crippen molar-refractivity contribution in [3.63, 3.8) is 0 Å². The Labute approximate surface area is 144 Å². The average molecular weight is 458 g/mol. The molecule has 1 aliphatic rings. The van der Waals surface area contributed by atoms with E-state index in [9.17, 15) is 0 Å². The van der Waals surface area contributed by atoms with Crippen molar-refractivity contribution in [3.8, 4) is 0 Å². The standard InChI is InChI=1S/C13H20BrN3S.HI/c14-10-7-12(18-9-10)8-16-13(15)17-11-5-3-1-2-4-6-11;/h7,9,11H,1-6,8H2,(H3,15,16,17);1H. The van der Waals surface area contributed by atoms with E-state index in [0.29, 0.717) is 18.5 Å². The highest BCUT2D eigenvalue weighted by Crippen LogP contribution is 2.20. The fraction of sp³-hybridized carbons (Fsp3) is 0.615. The van der Waals surface area contributed by atoms with Crippen LogP contribution in [0.4, 0.5) is 0 Å². The fourth-order valence-corrected chi connectivity index (χ4v) is 3.65. The molecule has 19 heavy (non-hydrogen) atoms. The molecule has 1 aromatic heterocycles. The molecule has 0 unspecified atom stereocenters. The minimum atomic E-state index is 0. The van der Waals surface area contributed by atoms with Crippen LogP contribution in [0.15, 0.2) is 20.9 Å². The molecule has 0 radical (unpaired) electrons. The molecule has 0 atom stereocenters. The van der Waals surface area contributed by atoms with Crippen LogP contribution in [-0.4, -0.2) is 12.0 Å². The van der Waals surface area contributed by atoms with Crippen molar-refractivity contribution >= 4 is 57.2 Å². The smallest absolute Gasteiger partial charge is 0.189 e. The van der Waals surface area contributed by atoms with Crippen LogP contribution in [0.5, 0.6) is 0 Å². The van der Waals surface area contributed by atoms with Crippen molar-refractivity contribution in [1.82, 2.24) is 5.32 Å². The van der Waals surface area contributed by atoms with Crippen molar-refractivity contribution < 1.29 is 0 Å². The molecule has 0 amide bonds. The van der Waals surface area contributed by atoms with Gasteiger partial charge < -0.3 is 11.1 Å². The van der Waals surface area contributed by atoms with Crippen LogP contribution in [0.3, 0.4) is 0 Å². The lowest BCUT2D eigenvalue weighted by atomic mass is 10.1. The van der Waals surface area contributed by atoms with E-state index in [1.165, 1.54) is 43.4 Å². The summed E-state index contributed by atoms with van der Waals surface area (Å²) >= 11 is 5.15. The van der Waals surface area contributed by atoms with Gasteiger partial charge in [-0.25, -0.2) is 4.99 Å². The van der Waals surface area contributed by atoms with Gasteiger partial charge in [-0.05, 0) is 34.8 Å². The topological polar surface area (TPSA) is 50.4 Å². The molecule has 1 saturated carbocycles. The molecule has 0 saturated heterocycles. The predicted octanol–water partition coefficient (Wildman–Crippen LogP) is 4.26. The molecular formula is C13H21BrIN3S. The van der Waals surface area contributed by atoms with Gasteiger partial charge in [0.2, 0.25) is 0 Å². The summed E-state index contributed by atoms with van der Waals surface area (Å²) in [7, 11) is 0. The Kier molecular flexibility index (Phi) is 8.32. The molecule has 0 aromatic carbocycles. The van der Waals surface area contributed by atoms with Crippen LogP contribution in [0, 0.1) is 0 Å². The summed E-state index contributed by atoms with van der Waals surface area (Å²) in [6.07, 6.45) is 7.78. The van der Waals surface area contributed by atoms with Crippen LogP contribution in [0.2, 0.25) is 0 Å². The van der Waals surface area contributed by atoms with Crippen LogP contribution >= 0.6 is 51.2 Å². The number of hydrogen-bond acceptors (Lipinski definition) is 2. The maximum Gasteiger partial charge on any atom is 0.189 e. The SMILES string of the molecule is I.NC(=NCc1cc(Br)cs1)NC1CCCCCC1. The second-order valence-corrected chi connectivity index (χ2v) is 6.68. The van der Waals surface area contributed by atoms with Gasteiger partial charge in [0, 0.05) is 20.8 Å². The van der Waals surface area contributed by atoms with Gasteiger partial charge in [0.1, 0.15) is 0 Å². The van der Waals surface area contributed by atoms with E-state index < -0.39 is 0 Å². The van der Waals surface area contributed by atoms with Gasteiger partial charge in [-0.3, -0.25) is 0 Å². The molecular weight excluding hydrogens is 437 g/mol. The Bertz CT molecular complexity index is 400. The molecule has 1 fully saturated rings. The summed E-state index contributed by atoms with van der Waals surface area (Å²) < 4.78 is 1.12. The highest BCUT2D eigenvalue weighted by atomic mass is 127. The minimum absolute atomic E-state index is 0. The number of halogens is 2. The van der Waals surface area contributed by atoms with Gasteiger partial charge >= 0.3 is 0 Å². The normalized spacial score (nSPS) is 17.6. The van der Waals surface area contributed by atoms with Crippen LogP contribution in [0.1, 0.15) is 43.4 Å². The van der Waals surface area contributed by atoms with E-state index in [4.69, 9.17) is 5.73 Å². The number of nitrogens with two attached hydrogens (primary N) is 1. The summed E-state index contributed by atoms with van der Waals surface area (Å²) in [5.41, 5.74) is 5.94. The summed E-state index contributed by atoms with van der Waals surface area (Å²) in [6, 6.07) is 2.61. The maximum absolute atomic E-state index is 5.94. The van der Waals surface area contributed by atoms with E-state index >= 15 is 0 Å². The van der Waals surface area contributed by atoms with Crippen LogP contribution < -0.4 is 11.1 Å². The van der Waals surface area contributed by atoms with Gasteiger partial charge in [-0.15, -0.1) is 35.3 Å². The third kappa shape index (κ3) is 6.44. The van der Waals surface area contributed by atoms with Gasteiger partial charge in [-0.1, -0.05) is 25.7 Å². The first-order valence-corrected chi connectivity index (χ1v) is 8.20. The number of hydrogen-bond donors (Lipinski definition) is 2. The second-order valence-electron chi connectivity index (χ2n) is 4.77. The molecule has 0 spiro atoms. The average Bonchev–Trinajstić information content (AvgIpc) is 2.60. The number of guanidine groups is 1. The lowest BCUT2D eigenvalue weighted by Crippen LogP contribution is -2.39. The van der Waals surface area contributed by atoms with Gasteiger partial charge in [0.25, 0.3) is 0 Å². The molecule has 1 aromatic rings. The number of nitrogens with zero attached hydrogens (tertiary/aromatic N) is 1. The Morgan fingerprint density at radius 3 is 2.63 bits per heavy atom. The first-order chi connectivity index (χ1) is 8.74. The Hall–Kier alpha value is 0.180. The van der Waals surface area contributed by atoms with Gasteiger partial charge in [0.05, 0.1) is 6.54 Å². The third-order valence-electron chi connectivity index (χ3n) is 3.23. The molecule has 3 N–H and O–H groups in total. The zero-order valence-corrected chi connectivity index (χ0v) is 15.6. The molecule has 2 rings (SSSR count). The van der Waals surface area contributed by atoms with E-state index in [1.54, 1.807) is 11.3 Å². The number of nitrogens with one attached hydrogen (secondary N) is 1. The van der Waals surface area contributed by atoms with Gasteiger partial charge in [-0.2, -0.15) is 0 Å². The largest absolute Gasteiger partial charge is 0.370 e. The molecule has 3 nitrogen and oxygen atoms in total. The van der Waals surface area contributed by atoms with Crippen molar-refractivity contribution in [2.24, 2.45) is 10.7 Å². The van der Waals surface area contributed by atoms with E-state index in [-0.39, 0.29) is 24.0 Å². The lowest BCUT2D eigenvalue weighted by Gasteiger charge is -2.16. The summed E-state index contributed by atoms with van der Waals surface area (Å²) in [5, 5.41) is 5.43. The summed E-state index contributed by atoms with van der Waals surface area (Å²) in [5.74, 6) is 0.589. The summed E-state index contributed by atoms with van der Waals surface area (Å²) in [4.78, 5) is 5.63. The lowest BCUT2D eigenvalue weighted by molar-refractivity contribution is 0.530. The van der Waals surface area contributed by atoms with Crippen molar-refractivity contribution in [3.05, 3.63) is 20.8 Å². The molecule has 1 heterocycles. The van der Waals surface area contributed by atoms with Crippen molar-refractivity contribution in [2.45, 2.75) is 51.1 Å². The Morgan fingerprint density at radius 2 is 2.05 bits per heavy atom. The number of rotatable bonds is 3. The van der Waals surface area contributed by atoms with Crippen molar-refractivity contribution in [2.75, 3.05) is 0 Å². The predicted molar refractivity (Wildman–Crippen MR) is 97.4 cm³/mol. The minimum Gasteiger partial charge on any atom is -0.370 e. The Morgan fingerprint density at radius 1 is 1.37 bits per heavy atom. The Balaban J connectivity index is 0.00000180. The summed E-state index contributed by atoms with van der Waals surface area (Å²) in [6.45, 7) is 0.668. The zero-order valence-electron chi connectivity index (χ0n) is 10.9. The van der Waals surface area contributed by atoms with E-state index in [1.807, 2.05) is 0 Å². The maximum atomic E-state index is 5.94. The monoisotopic (exact) mass is 457 g/mol. The van der Waals surface area contributed by atoms with Crippen molar-refractivity contribution in [1.29, 1.82) is 0 Å². The first-order valence-electron chi connectivity index (χ1n) is 6.53. The quantitative estimate of drug-likeness (QED) is 0.308. The second kappa shape index (κ2) is 9.18. The third-order valence-corrected chi connectivity index (χ3v) is 4.92. The van der Waals surface area contributed by atoms with E-state index in [0.717, 1.165) is 4.47 Å². The molecule has 1 aliphatic carbocycles. The first kappa shape index (κ1) is 17.2. The molecule has 0 aliphatic heterocycles. The van der Waals surface area contributed by atoms with E-state index in [2.05, 4.69) is 37.7 Å². The molecule has 108 valence electrons. The number of aliphatic imine (C=N–C) groups is 1. The number of thiophene rings is 1. The molecule has 6 heteroatoms. The highest BCUT2D eigenvalue weighted by Gasteiger charge is 2.12. The highest BCUT2D eigenvalue weighted by molar-refractivity contribution is 14.0. The van der Waals surface area contributed by atoms with Crippen LogP contribution in [0.25, 0.3) is 0 Å².